The number of amides is 1. The Labute approximate surface area is 498 Å². The maximum Gasteiger partial charge on any atom is 0.220 e. The van der Waals surface area contributed by atoms with Crippen LogP contribution in [0, 0.1) is 0 Å². The smallest absolute Gasteiger partial charge is 0.220 e. The maximum atomic E-state index is 13.3. The Morgan fingerprint density at radius 1 is 0.422 bits per heavy atom. The molecular weight excluding hydrogens is 1070 g/mol. The van der Waals surface area contributed by atoms with Gasteiger partial charge in [-0.1, -0.05) is 237 Å². The second-order valence-corrected chi connectivity index (χ2v) is 23.9. The topological polar surface area (TPSA) is 307 Å². The number of hydrogen-bond acceptors (Lipinski definition) is 18. The normalized spacial score (nSPS) is 29.5. The number of allylic oxidation sites excluding steroid dienone is 3. The SMILES string of the molecule is CCCC/C=C/CC/C=C/C(O)C(COC1OC(CO)C(OC2OC(CO)C(OC3OC(CO)C(O)C(O)C3O)C(O)C2O)C(O)C1O)NC(=O)CCCCCCCCCCCCCCCCCCCCCCCCCCCCCCCC. The first kappa shape index (κ1) is 75.5. The van der Waals surface area contributed by atoms with Gasteiger partial charge in [0.05, 0.1) is 38.6 Å². The number of unbranched alkanes of at least 4 members (excludes halogenated alkanes) is 32. The zero-order valence-corrected chi connectivity index (χ0v) is 51.2. The van der Waals surface area contributed by atoms with Crippen LogP contribution >= 0.6 is 0 Å². The summed E-state index contributed by atoms with van der Waals surface area (Å²) in [7, 11) is 0. The largest absolute Gasteiger partial charge is 0.394 e. The fourth-order valence-electron chi connectivity index (χ4n) is 11.3. The van der Waals surface area contributed by atoms with E-state index in [9.17, 15) is 61.0 Å². The van der Waals surface area contributed by atoms with Gasteiger partial charge in [0, 0.05) is 6.42 Å². The van der Waals surface area contributed by atoms with E-state index >= 15 is 0 Å². The molecule has 0 aromatic rings. The lowest BCUT2D eigenvalue weighted by molar-refractivity contribution is -0.379. The van der Waals surface area contributed by atoms with Gasteiger partial charge in [-0.3, -0.25) is 4.79 Å². The van der Waals surface area contributed by atoms with E-state index in [0.717, 1.165) is 44.9 Å². The predicted molar refractivity (Wildman–Crippen MR) is 319 cm³/mol. The van der Waals surface area contributed by atoms with Crippen LogP contribution in [-0.2, 0) is 33.2 Å². The molecule has 3 heterocycles. The van der Waals surface area contributed by atoms with E-state index in [-0.39, 0.29) is 18.9 Å². The van der Waals surface area contributed by atoms with Crippen LogP contribution < -0.4 is 5.32 Å². The molecule has 3 aliphatic rings. The summed E-state index contributed by atoms with van der Waals surface area (Å²) < 4.78 is 34.2. The molecule has 0 saturated carbocycles. The van der Waals surface area contributed by atoms with Crippen LogP contribution in [0.25, 0.3) is 0 Å². The van der Waals surface area contributed by atoms with E-state index in [1.54, 1.807) is 6.08 Å². The molecule has 0 aromatic heterocycles. The van der Waals surface area contributed by atoms with Gasteiger partial charge in [-0.2, -0.15) is 0 Å². The van der Waals surface area contributed by atoms with Gasteiger partial charge < -0.3 is 89.9 Å². The molecule has 19 heteroatoms. The lowest BCUT2D eigenvalue weighted by atomic mass is 9.96. The standard InChI is InChI=1S/C64H119NO18/c1-3-5-7-9-11-13-14-15-16-17-18-19-20-21-22-23-24-25-26-27-28-29-30-31-32-33-34-36-38-40-42-52(70)65-47(48(69)41-39-37-35-12-10-8-6-4-2)46-78-62-58(76)55(73)60(50(44-67)80-62)83-64-59(77)56(74)61(51(45-68)81-64)82-63-57(75)54(72)53(71)49(43-66)79-63/h10,12,39,41,47-51,53-64,66-69,71-77H,3-9,11,13-38,40,42-46H2,1-2H3,(H,65,70)/b12-10+,41-39+. The van der Waals surface area contributed by atoms with Crippen molar-refractivity contribution in [2.45, 2.75) is 349 Å². The summed E-state index contributed by atoms with van der Waals surface area (Å²) in [5.41, 5.74) is 0. The third-order valence-corrected chi connectivity index (χ3v) is 16.8. The highest BCUT2D eigenvalue weighted by molar-refractivity contribution is 5.76. The Balaban J connectivity index is 1.33. The molecule has 19 nitrogen and oxygen atoms in total. The fraction of sp³-hybridized carbons (Fsp3) is 0.922. The van der Waals surface area contributed by atoms with Crippen molar-refractivity contribution in [1.29, 1.82) is 0 Å². The lowest BCUT2D eigenvalue weighted by Gasteiger charge is -2.48. The van der Waals surface area contributed by atoms with Crippen molar-refractivity contribution in [3.8, 4) is 0 Å². The number of aliphatic hydroxyl groups is 11. The van der Waals surface area contributed by atoms with Crippen LogP contribution in [0.1, 0.15) is 245 Å². The zero-order chi connectivity index (χ0) is 60.5. The number of rotatable bonds is 50. The molecule has 12 N–H and O–H groups in total. The van der Waals surface area contributed by atoms with Gasteiger partial charge in [0.25, 0.3) is 0 Å². The minimum absolute atomic E-state index is 0.240. The van der Waals surface area contributed by atoms with Crippen molar-refractivity contribution in [2.75, 3.05) is 26.4 Å². The highest BCUT2D eigenvalue weighted by atomic mass is 16.8. The van der Waals surface area contributed by atoms with Crippen LogP contribution in [0.15, 0.2) is 24.3 Å². The van der Waals surface area contributed by atoms with Gasteiger partial charge in [0.1, 0.15) is 73.2 Å². The van der Waals surface area contributed by atoms with E-state index in [2.05, 4.69) is 31.3 Å². The van der Waals surface area contributed by atoms with Gasteiger partial charge in [-0.05, 0) is 25.7 Å². The van der Waals surface area contributed by atoms with Gasteiger partial charge in [0.15, 0.2) is 18.9 Å². The molecule has 0 aromatic carbocycles. The molecule has 3 saturated heterocycles. The van der Waals surface area contributed by atoms with E-state index in [1.165, 1.54) is 167 Å². The average molecular weight is 1190 g/mol. The Morgan fingerprint density at radius 3 is 1.19 bits per heavy atom. The van der Waals surface area contributed by atoms with Crippen LogP contribution in [-0.4, -0.2) is 193 Å². The number of carbonyl (C=O) groups is 1. The summed E-state index contributed by atoms with van der Waals surface area (Å²) in [5.74, 6) is -0.285. The number of hydrogen-bond donors (Lipinski definition) is 12. The second-order valence-electron chi connectivity index (χ2n) is 23.9. The molecular formula is C64H119NO18. The number of ether oxygens (including phenoxy) is 6. The van der Waals surface area contributed by atoms with Gasteiger partial charge in [-0.25, -0.2) is 0 Å². The van der Waals surface area contributed by atoms with Crippen molar-refractivity contribution in [3.63, 3.8) is 0 Å². The second kappa shape index (κ2) is 47.3. The van der Waals surface area contributed by atoms with E-state index in [1.807, 2.05) is 6.08 Å². The Bertz CT molecular complexity index is 1610. The minimum atomic E-state index is -1.98. The average Bonchev–Trinajstić information content (AvgIpc) is 3.55. The highest BCUT2D eigenvalue weighted by Crippen LogP contribution is 2.33. The molecule has 3 rings (SSSR count). The molecule has 0 bridgehead atoms. The summed E-state index contributed by atoms with van der Waals surface area (Å²) in [5, 5.41) is 120. The van der Waals surface area contributed by atoms with Crippen molar-refractivity contribution in [1.82, 2.24) is 5.32 Å². The first-order chi connectivity index (χ1) is 40.3. The summed E-state index contributed by atoms with van der Waals surface area (Å²) >= 11 is 0. The highest BCUT2D eigenvalue weighted by Gasteiger charge is 2.53. The fourth-order valence-corrected chi connectivity index (χ4v) is 11.3. The Hall–Kier alpha value is -1.73. The Kier molecular flexibility index (Phi) is 43.0. The van der Waals surface area contributed by atoms with Gasteiger partial charge in [0.2, 0.25) is 5.91 Å². The molecule has 488 valence electrons. The molecule has 3 fully saturated rings. The number of carbonyl (C=O) groups excluding carboxylic acids is 1. The van der Waals surface area contributed by atoms with E-state index in [0.29, 0.717) is 12.8 Å². The maximum absolute atomic E-state index is 13.3. The van der Waals surface area contributed by atoms with Crippen molar-refractivity contribution in [2.24, 2.45) is 0 Å². The molecule has 1 amide bonds. The summed E-state index contributed by atoms with van der Waals surface area (Å²) in [4.78, 5) is 13.3. The Morgan fingerprint density at radius 2 is 0.771 bits per heavy atom. The molecule has 17 unspecified atom stereocenters. The summed E-state index contributed by atoms with van der Waals surface area (Å²) in [6, 6.07) is -0.984. The van der Waals surface area contributed by atoms with Crippen LogP contribution in [0.3, 0.4) is 0 Å². The molecule has 0 aliphatic carbocycles. The van der Waals surface area contributed by atoms with Gasteiger partial charge in [-0.15, -0.1) is 0 Å². The minimum Gasteiger partial charge on any atom is -0.394 e. The van der Waals surface area contributed by atoms with Crippen LogP contribution in [0.2, 0.25) is 0 Å². The summed E-state index contributed by atoms with van der Waals surface area (Å²) in [6.45, 7) is 1.64. The number of nitrogens with one attached hydrogen (secondary N) is 1. The van der Waals surface area contributed by atoms with Crippen molar-refractivity contribution >= 4 is 5.91 Å². The third-order valence-electron chi connectivity index (χ3n) is 16.8. The van der Waals surface area contributed by atoms with E-state index in [4.69, 9.17) is 28.4 Å². The lowest BCUT2D eigenvalue weighted by Crippen LogP contribution is -2.66. The third kappa shape index (κ3) is 30.4. The monoisotopic (exact) mass is 1190 g/mol. The molecule has 0 spiro atoms. The van der Waals surface area contributed by atoms with Crippen molar-refractivity contribution in [3.05, 3.63) is 24.3 Å². The first-order valence-corrected chi connectivity index (χ1v) is 33.1. The van der Waals surface area contributed by atoms with E-state index < -0.39 is 124 Å². The quantitative estimate of drug-likeness (QED) is 0.0207. The zero-order valence-electron chi connectivity index (χ0n) is 51.2. The predicted octanol–water partition coefficient (Wildman–Crippen LogP) is 7.49. The molecule has 17 atom stereocenters. The first-order valence-electron chi connectivity index (χ1n) is 33.1. The summed E-state index contributed by atoms with van der Waals surface area (Å²) in [6.07, 6.45) is 25.2. The van der Waals surface area contributed by atoms with Crippen LogP contribution in [0.4, 0.5) is 0 Å². The number of aliphatic hydroxyl groups excluding tert-OH is 11. The molecule has 0 radical (unpaired) electrons. The van der Waals surface area contributed by atoms with Crippen molar-refractivity contribution < 1.29 is 89.4 Å². The molecule has 3 aliphatic heterocycles. The molecule has 83 heavy (non-hydrogen) atoms. The van der Waals surface area contributed by atoms with Crippen LogP contribution in [0.5, 0.6) is 0 Å². The van der Waals surface area contributed by atoms with Gasteiger partial charge >= 0.3 is 0 Å².